The van der Waals surface area contributed by atoms with Gasteiger partial charge in [-0.15, -0.1) is 0 Å². The topological polar surface area (TPSA) is 111 Å². The zero-order valence-electron chi connectivity index (χ0n) is 16.1. The Hall–Kier alpha value is -2.13. The Morgan fingerprint density at radius 1 is 1.11 bits per heavy atom. The molecule has 9 heteroatoms. The van der Waals surface area contributed by atoms with Crippen molar-refractivity contribution in [1.29, 1.82) is 0 Å². The Labute approximate surface area is 163 Å². The van der Waals surface area contributed by atoms with Crippen molar-refractivity contribution in [2.75, 3.05) is 45.9 Å². The first-order valence-electron chi connectivity index (χ1n) is 10.2. The molecule has 1 aromatic rings. The summed E-state index contributed by atoms with van der Waals surface area (Å²) in [5.74, 6) is 1.13. The van der Waals surface area contributed by atoms with Gasteiger partial charge in [0.1, 0.15) is 12.3 Å². The number of amides is 2. The van der Waals surface area contributed by atoms with E-state index in [0.29, 0.717) is 19.0 Å². The molecule has 2 amide bonds. The van der Waals surface area contributed by atoms with Crippen molar-refractivity contribution in [3.8, 4) is 0 Å². The number of carbonyl (C=O) groups is 2. The molecule has 1 aliphatic carbocycles. The van der Waals surface area contributed by atoms with Crippen LogP contribution in [0.3, 0.4) is 0 Å². The number of nitrogens with zero attached hydrogens (tertiary/aromatic N) is 2. The minimum absolute atomic E-state index is 0.0259. The molecule has 3 N–H and O–H groups in total. The minimum atomic E-state index is -0.367. The second kappa shape index (κ2) is 8.48. The average Bonchev–Trinajstić information content (AvgIpc) is 3.40. The largest absolute Gasteiger partial charge is 0.365 e. The van der Waals surface area contributed by atoms with E-state index in [1.54, 1.807) is 0 Å². The van der Waals surface area contributed by atoms with Crippen LogP contribution in [0.5, 0.6) is 0 Å². The van der Waals surface area contributed by atoms with Crippen LogP contribution in [0.2, 0.25) is 0 Å². The lowest BCUT2D eigenvalue weighted by molar-refractivity contribution is -0.149. The number of carbonyl (C=O) groups excluding carboxylic acids is 2. The van der Waals surface area contributed by atoms with Gasteiger partial charge in [0.05, 0.1) is 6.10 Å². The number of aromatic nitrogens is 2. The lowest BCUT2D eigenvalue weighted by Gasteiger charge is -2.38. The van der Waals surface area contributed by atoms with Gasteiger partial charge in [0.15, 0.2) is 0 Å². The Morgan fingerprint density at radius 3 is 2.54 bits per heavy atom. The van der Waals surface area contributed by atoms with Crippen LogP contribution in [0.15, 0.2) is 10.9 Å². The summed E-state index contributed by atoms with van der Waals surface area (Å²) in [6.07, 6.45) is 4.82. The summed E-state index contributed by atoms with van der Waals surface area (Å²) in [6, 6.07) is 1.21. The average molecular weight is 391 g/mol. The molecule has 0 aromatic carbocycles. The second-order valence-corrected chi connectivity index (χ2v) is 8.30. The van der Waals surface area contributed by atoms with Gasteiger partial charge in [-0.3, -0.25) is 24.6 Å². The van der Waals surface area contributed by atoms with E-state index < -0.39 is 0 Å². The highest BCUT2D eigenvalue weighted by Gasteiger charge is 2.31. The van der Waals surface area contributed by atoms with Gasteiger partial charge in [-0.1, -0.05) is 0 Å². The maximum absolute atomic E-state index is 12.3. The number of nitrogens with one attached hydrogen (secondary N) is 3. The van der Waals surface area contributed by atoms with Crippen molar-refractivity contribution in [1.82, 2.24) is 25.3 Å². The van der Waals surface area contributed by atoms with Crippen LogP contribution in [-0.4, -0.2) is 83.8 Å². The molecule has 0 bridgehead atoms. The molecule has 154 valence electrons. The molecule has 0 radical (unpaired) electrons. The maximum atomic E-state index is 12.3. The Kier molecular flexibility index (Phi) is 5.82. The normalized spacial score (nSPS) is 24.5. The number of likely N-dealkylation sites (tertiary alicyclic amines) is 1. The van der Waals surface area contributed by atoms with E-state index in [4.69, 9.17) is 4.74 Å². The predicted octanol–water partition coefficient (Wildman–Crippen LogP) is -0.218. The summed E-state index contributed by atoms with van der Waals surface area (Å²) in [5.41, 5.74) is -0.161. The number of H-pyrrole nitrogens is 2. The van der Waals surface area contributed by atoms with E-state index >= 15 is 0 Å². The van der Waals surface area contributed by atoms with Crippen molar-refractivity contribution in [2.45, 2.75) is 31.8 Å². The van der Waals surface area contributed by atoms with E-state index in [2.05, 4.69) is 20.4 Å². The maximum Gasteiger partial charge on any atom is 0.269 e. The van der Waals surface area contributed by atoms with E-state index in [9.17, 15) is 14.4 Å². The van der Waals surface area contributed by atoms with Crippen LogP contribution in [0.25, 0.3) is 0 Å². The van der Waals surface area contributed by atoms with Gasteiger partial charge in [0.25, 0.3) is 11.5 Å². The smallest absolute Gasteiger partial charge is 0.269 e. The molecule has 2 aliphatic heterocycles. The summed E-state index contributed by atoms with van der Waals surface area (Å²) in [6.45, 7) is 5.14. The fourth-order valence-corrected chi connectivity index (χ4v) is 4.07. The van der Waals surface area contributed by atoms with E-state index in [0.717, 1.165) is 38.4 Å². The third-order valence-corrected chi connectivity index (χ3v) is 5.95. The Morgan fingerprint density at radius 2 is 1.86 bits per heavy atom. The molecule has 0 unspecified atom stereocenters. The molecule has 3 fully saturated rings. The van der Waals surface area contributed by atoms with Crippen LogP contribution in [-0.2, 0) is 9.53 Å². The molecule has 1 atom stereocenters. The molecule has 0 spiro atoms. The van der Waals surface area contributed by atoms with Crippen molar-refractivity contribution in [3.05, 3.63) is 22.1 Å². The molecule has 9 nitrogen and oxygen atoms in total. The highest BCUT2D eigenvalue weighted by molar-refractivity contribution is 5.92. The molecule has 3 aliphatic rings. The van der Waals surface area contributed by atoms with Crippen LogP contribution in [0, 0.1) is 11.8 Å². The standard InChI is InChI=1S/C19H29N5O4/c25-17-7-16(21-22-17)19(27)20-8-15-11-24(18(26)12-28-15)10-14-3-5-23(6-4-14)9-13-1-2-13/h7,13-15H,1-6,8-12H2,(H,20,27)(H2,21,22,25)/t15-/m1/s1. The van der Waals surface area contributed by atoms with E-state index in [-0.39, 0.29) is 35.8 Å². The fourth-order valence-electron chi connectivity index (χ4n) is 4.07. The van der Waals surface area contributed by atoms with Gasteiger partial charge in [-0.25, -0.2) is 0 Å². The Balaban J connectivity index is 1.21. The number of piperidine rings is 1. The zero-order chi connectivity index (χ0) is 19.5. The molecule has 4 rings (SSSR count). The number of rotatable bonds is 7. The number of hydrogen-bond donors (Lipinski definition) is 3. The van der Waals surface area contributed by atoms with Gasteiger partial charge in [0, 0.05) is 32.2 Å². The third-order valence-electron chi connectivity index (χ3n) is 5.95. The van der Waals surface area contributed by atoms with Gasteiger partial charge < -0.3 is 19.9 Å². The third kappa shape index (κ3) is 5.02. The first kappa shape index (κ1) is 19.2. The van der Waals surface area contributed by atoms with Crippen LogP contribution < -0.4 is 10.9 Å². The van der Waals surface area contributed by atoms with Crippen molar-refractivity contribution in [2.24, 2.45) is 11.8 Å². The predicted molar refractivity (Wildman–Crippen MR) is 102 cm³/mol. The molecule has 28 heavy (non-hydrogen) atoms. The van der Waals surface area contributed by atoms with Crippen molar-refractivity contribution < 1.29 is 14.3 Å². The summed E-state index contributed by atoms with van der Waals surface area (Å²) in [7, 11) is 0. The quantitative estimate of drug-likeness (QED) is 0.595. The van der Waals surface area contributed by atoms with Crippen LogP contribution in [0.4, 0.5) is 0 Å². The number of morpholine rings is 1. The van der Waals surface area contributed by atoms with Gasteiger partial charge in [-0.05, 0) is 50.6 Å². The van der Waals surface area contributed by atoms with Gasteiger partial charge >= 0.3 is 0 Å². The van der Waals surface area contributed by atoms with Crippen molar-refractivity contribution >= 4 is 11.8 Å². The highest BCUT2D eigenvalue weighted by Crippen LogP contribution is 2.31. The van der Waals surface area contributed by atoms with E-state index in [1.807, 2.05) is 4.90 Å². The SMILES string of the molecule is O=C(NC[C@@H]1CN(CC2CCN(CC3CC3)CC2)C(=O)CO1)c1cc(=O)[nH][nH]1. The second-order valence-electron chi connectivity index (χ2n) is 8.30. The van der Waals surface area contributed by atoms with E-state index in [1.165, 1.54) is 25.5 Å². The summed E-state index contributed by atoms with van der Waals surface area (Å²) < 4.78 is 5.57. The summed E-state index contributed by atoms with van der Waals surface area (Å²) in [5, 5.41) is 7.61. The van der Waals surface area contributed by atoms with Gasteiger partial charge in [-0.2, -0.15) is 0 Å². The van der Waals surface area contributed by atoms with Crippen LogP contribution >= 0.6 is 0 Å². The van der Waals surface area contributed by atoms with Gasteiger partial charge in [0.2, 0.25) is 5.91 Å². The lowest BCUT2D eigenvalue weighted by Crippen LogP contribution is -2.52. The number of aromatic amines is 2. The molecule has 1 aromatic heterocycles. The summed E-state index contributed by atoms with van der Waals surface area (Å²) >= 11 is 0. The zero-order valence-corrected chi connectivity index (χ0v) is 16.1. The highest BCUT2D eigenvalue weighted by atomic mass is 16.5. The fraction of sp³-hybridized carbons (Fsp3) is 0.737. The number of hydrogen-bond acceptors (Lipinski definition) is 5. The molecule has 1 saturated carbocycles. The minimum Gasteiger partial charge on any atom is -0.365 e. The molecular weight excluding hydrogens is 362 g/mol. The molecule has 2 saturated heterocycles. The molecule has 3 heterocycles. The first-order chi connectivity index (χ1) is 13.6. The first-order valence-corrected chi connectivity index (χ1v) is 10.2. The Bertz CT molecular complexity index is 748. The van der Waals surface area contributed by atoms with Crippen LogP contribution in [0.1, 0.15) is 36.2 Å². The number of ether oxygens (including phenoxy) is 1. The summed E-state index contributed by atoms with van der Waals surface area (Å²) in [4.78, 5) is 39.8. The lowest BCUT2D eigenvalue weighted by atomic mass is 9.95. The monoisotopic (exact) mass is 391 g/mol. The van der Waals surface area contributed by atoms with Crippen molar-refractivity contribution in [3.63, 3.8) is 0 Å². The molecular formula is C19H29N5O4.